The molecule has 0 radical (unpaired) electrons. The summed E-state index contributed by atoms with van der Waals surface area (Å²) in [5.41, 5.74) is -1.69. The number of ketones is 1. The number of Topliss-reactive ketones (excluding diaryl/α,β-unsaturated/α-hetero) is 1. The summed E-state index contributed by atoms with van der Waals surface area (Å²) in [4.78, 5) is 36.6. The highest BCUT2D eigenvalue weighted by atomic mass is 19.2. The van der Waals surface area contributed by atoms with Crippen LogP contribution in [0.1, 0.15) is 59.4 Å². The maximum atomic E-state index is 14.2. The van der Waals surface area contributed by atoms with Crippen LogP contribution in [-0.2, 0) is 19.1 Å². The van der Waals surface area contributed by atoms with Gasteiger partial charge in [0.1, 0.15) is 23.2 Å². The summed E-state index contributed by atoms with van der Waals surface area (Å²) < 4.78 is 52.2. The molecule has 6 nitrogen and oxygen atoms in total. The molecule has 0 unspecified atom stereocenters. The van der Waals surface area contributed by atoms with Crippen LogP contribution in [0.5, 0.6) is 0 Å². The zero-order valence-corrected chi connectivity index (χ0v) is 17.3. The molecule has 0 aromatic heterocycles. The highest BCUT2D eigenvalue weighted by Crippen LogP contribution is 2.29. The molecule has 1 rings (SSSR count). The largest absolute Gasteiger partial charge is 0.461 e. The van der Waals surface area contributed by atoms with E-state index < -0.39 is 70.9 Å². The third-order valence-corrected chi connectivity index (χ3v) is 3.72. The smallest absolute Gasteiger partial charge is 0.408 e. The Hall–Kier alpha value is -2.58. The van der Waals surface area contributed by atoms with Gasteiger partial charge in [0.05, 0.1) is 12.0 Å². The summed E-state index contributed by atoms with van der Waals surface area (Å²) in [5.74, 6) is -7.19. The predicted molar refractivity (Wildman–Crippen MR) is 98.7 cm³/mol. The number of amides is 1. The van der Waals surface area contributed by atoms with Gasteiger partial charge in [0, 0.05) is 5.56 Å². The van der Waals surface area contributed by atoms with E-state index in [1.54, 1.807) is 34.6 Å². The van der Waals surface area contributed by atoms with E-state index in [0.29, 0.717) is 12.1 Å². The molecule has 162 valence electrons. The zero-order valence-electron chi connectivity index (χ0n) is 17.3. The van der Waals surface area contributed by atoms with Crippen LogP contribution in [0.25, 0.3) is 0 Å². The first-order valence-electron chi connectivity index (χ1n) is 9.06. The minimum absolute atomic E-state index is 0.544. The quantitative estimate of drug-likeness (QED) is 0.536. The number of carbonyl (C=O) groups excluding carboxylic acids is 3. The first-order valence-corrected chi connectivity index (χ1v) is 9.06. The van der Waals surface area contributed by atoms with Gasteiger partial charge in [-0.05, 0) is 60.1 Å². The molecule has 2 atom stereocenters. The summed E-state index contributed by atoms with van der Waals surface area (Å²) in [6.45, 7) is 8.98. The molecule has 0 saturated heterocycles. The van der Waals surface area contributed by atoms with Crippen molar-refractivity contribution in [1.82, 2.24) is 5.32 Å². The lowest BCUT2D eigenvalue weighted by Gasteiger charge is -2.26. The molecule has 0 aliphatic rings. The van der Waals surface area contributed by atoms with Gasteiger partial charge in [-0.2, -0.15) is 0 Å². The van der Waals surface area contributed by atoms with Crippen LogP contribution in [-0.4, -0.2) is 35.6 Å². The van der Waals surface area contributed by atoms with E-state index >= 15 is 0 Å². The van der Waals surface area contributed by atoms with Crippen molar-refractivity contribution in [1.29, 1.82) is 0 Å². The summed E-state index contributed by atoms with van der Waals surface area (Å²) in [6.07, 6.45) is -2.08. The van der Waals surface area contributed by atoms with Crippen LogP contribution >= 0.6 is 0 Å². The molecule has 0 heterocycles. The van der Waals surface area contributed by atoms with Crippen LogP contribution in [0.15, 0.2) is 12.1 Å². The molecule has 0 aliphatic carbocycles. The van der Waals surface area contributed by atoms with E-state index in [4.69, 9.17) is 9.47 Å². The van der Waals surface area contributed by atoms with E-state index in [9.17, 15) is 27.6 Å². The van der Waals surface area contributed by atoms with Crippen molar-refractivity contribution in [2.45, 2.75) is 71.6 Å². The fourth-order valence-electron chi connectivity index (χ4n) is 2.56. The molecule has 0 bridgehead atoms. The molecule has 9 heteroatoms. The average molecular weight is 417 g/mol. The normalized spacial score (nSPS) is 13.6. The number of esters is 1. The Balaban J connectivity index is 3.26. The van der Waals surface area contributed by atoms with Crippen molar-refractivity contribution in [3.05, 3.63) is 35.1 Å². The third kappa shape index (κ3) is 7.40. The van der Waals surface area contributed by atoms with Gasteiger partial charge in [-0.15, -0.1) is 0 Å². The standard InChI is InChI=1S/C20H26F3NO5/c1-10(2)28-18(26)15(24-19(27)29-20(4,5)6)9-12(11(3)25)16-13(21)7-8-14(22)17(16)23/h7-8,10,12,15H,9H2,1-6H3,(H,24,27)/t12-,15-/m1/s1. The van der Waals surface area contributed by atoms with Crippen LogP contribution in [0, 0.1) is 17.5 Å². The summed E-state index contributed by atoms with van der Waals surface area (Å²) in [7, 11) is 0. The van der Waals surface area contributed by atoms with Gasteiger partial charge in [-0.3, -0.25) is 4.79 Å². The lowest BCUT2D eigenvalue weighted by molar-refractivity contribution is -0.150. The van der Waals surface area contributed by atoms with Gasteiger partial charge in [-0.25, -0.2) is 22.8 Å². The number of hydrogen-bond donors (Lipinski definition) is 1. The Labute approximate surface area is 167 Å². The minimum atomic E-state index is -1.54. The second kappa shape index (κ2) is 9.76. The van der Waals surface area contributed by atoms with Crippen LogP contribution in [0.4, 0.5) is 18.0 Å². The molecule has 0 spiro atoms. The van der Waals surface area contributed by atoms with E-state index in [-0.39, 0.29) is 0 Å². The van der Waals surface area contributed by atoms with Crippen LogP contribution in [0.2, 0.25) is 0 Å². The van der Waals surface area contributed by atoms with E-state index in [2.05, 4.69) is 5.32 Å². The van der Waals surface area contributed by atoms with Crippen molar-refractivity contribution in [3.8, 4) is 0 Å². The van der Waals surface area contributed by atoms with E-state index in [0.717, 1.165) is 6.92 Å². The molecule has 0 saturated carbocycles. The number of alkyl carbamates (subject to hydrolysis) is 1. The lowest BCUT2D eigenvalue weighted by atomic mass is 9.88. The molecule has 0 aliphatic heterocycles. The summed E-state index contributed by atoms with van der Waals surface area (Å²) in [5, 5.41) is 2.26. The van der Waals surface area contributed by atoms with Crippen LogP contribution < -0.4 is 5.32 Å². The van der Waals surface area contributed by atoms with Crippen molar-refractivity contribution in [2.75, 3.05) is 0 Å². The molecule has 1 aromatic carbocycles. The van der Waals surface area contributed by atoms with Gasteiger partial charge in [0.2, 0.25) is 0 Å². The molecule has 1 N–H and O–H groups in total. The molecule has 29 heavy (non-hydrogen) atoms. The highest BCUT2D eigenvalue weighted by Gasteiger charge is 2.34. The Morgan fingerprint density at radius 2 is 1.62 bits per heavy atom. The van der Waals surface area contributed by atoms with Crippen molar-refractivity contribution in [2.24, 2.45) is 0 Å². The highest BCUT2D eigenvalue weighted by molar-refractivity contribution is 5.86. The fraction of sp³-hybridized carbons (Fsp3) is 0.550. The number of rotatable bonds is 7. The maximum Gasteiger partial charge on any atom is 0.408 e. The molecular formula is C20H26F3NO5. The van der Waals surface area contributed by atoms with Crippen molar-refractivity contribution >= 4 is 17.8 Å². The number of nitrogens with one attached hydrogen (secondary N) is 1. The van der Waals surface area contributed by atoms with Crippen molar-refractivity contribution < 1.29 is 37.0 Å². The number of halogens is 3. The maximum absolute atomic E-state index is 14.2. The Morgan fingerprint density at radius 3 is 2.10 bits per heavy atom. The number of hydrogen-bond acceptors (Lipinski definition) is 5. The van der Waals surface area contributed by atoms with Gasteiger partial charge in [0.25, 0.3) is 0 Å². The second-order valence-electron chi connectivity index (χ2n) is 7.84. The SMILES string of the molecule is CC(=O)[C@@H](C[C@@H](NC(=O)OC(C)(C)C)C(=O)OC(C)C)c1c(F)ccc(F)c1F. The lowest BCUT2D eigenvalue weighted by Crippen LogP contribution is -2.46. The third-order valence-electron chi connectivity index (χ3n) is 3.72. The van der Waals surface area contributed by atoms with Gasteiger partial charge in [-0.1, -0.05) is 0 Å². The number of carbonyl (C=O) groups is 3. The van der Waals surface area contributed by atoms with Crippen molar-refractivity contribution in [3.63, 3.8) is 0 Å². The first-order chi connectivity index (χ1) is 13.2. The molecule has 1 amide bonds. The zero-order chi connectivity index (χ0) is 22.5. The summed E-state index contributed by atoms with van der Waals surface area (Å²) in [6, 6.07) is -0.176. The molecular weight excluding hydrogens is 391 g/mol. The molecule has 0 fully saturated rings. The fourth-order valence-corrected chi connectivity index (χ4v) is 2.56. The Kier molecular flexibility index (Phi) is 8.23. The minimum Gasteiger partial charge on any atom is -0.461 e. The van der Waals surface area contributed by atoms with Crippen LogP contribution in [0.3, 0.4) is 0 Å². The Bertz CT molecular complexity index is 774. The van der Waals surface area contributed by atoms with Gasteiger partial charge >= 0.3 is 12.1 Å². The number of benzene rings is 1. The average Bonchev–Trinajstić information content (AvgIpc) is 2.54. The molecule has 1 aromatic rings. The summed E-state index contributed by atoms with van der Waals surface area (Å²) >= 11 is 0. The Morgan fingerprint density at radius 1 is 1.07 bits per heavy atom. The van der Waals surface area contributed by atoms with Gasteiger partial charge in [0.15, 0.2) is 11.6 Å². The predicted octanol–water partition coefficient (Wildman–Crippen LogP) is 4.01. The van der Waals surface area contributed by atoms with Gasteiger partial charge < -0.3 is 14.8 Å². The monoisotopic (exact) mass is 417 g/mol. The van der Waals surface area contributed by atoms with E-state index in [1.165, 1.54) is 0 Å². The topological polar surface area (TPSA) is 81.7 Å². The first kappa shape index (κ1) is 24.5. The number of ether oxygens (including phenoxy) is 2. The second-order valence-corrected chi connectivity index (χ2v) is 7.84. The van der Waals surface area contributed by atoms with E-state index in [1.807, 2.05) is 0 Å².